The van der Waals surface area contributed by atoms with Gasteiger partial charge in [-0.3, -0.25) is 4.98 Å². The lowest BCUT2D eigenvalue weighted by Gasteiger charge is -2.04. The predicted octanol–water partition coefficient (Wildman–Crippen LogP) is 2.57. The van der Waals surface area contributed by atoms with Gasteiger partial charge in [0.1, 0.15) is 0 Å². The number of carbonyl (C=O) groups is 1. The van der Waals surface area contributed by atoms with E-state index in [1.165, 1.54) is 11.3 Å². The van der Waals surface area contributed by atoms with Crippen LogP contribution in [0.15, 0.2) is 29.9 Å². The zero-order chi connectivity index (χ0) is 12.3. The van der Waals surface area contributed by atoms with Gasteiger partial charge in [-0.05, 0) is 13.0 Å². The molecule has 2 N–H and O–H groups in total. The van der Waals surface area contributed by atoms with Crippen molar-refractivity contribution >= 4 is 22.3 Å². The molecular weight excluding hydrogens is 236 g/mol. The van der Waals surface area contributed by atoms with Crippen LogP contribution in [0.5, 0.6) is 0 Å². The summed E-state index contributed by atoms with van der Waals surface area (Å²) in [6.07, 6.45) is 3.36. The zero-order valence-corrected chi connectivity index (χ0v) is 10.2. The molecule has 0 aromatic carbocycles. The second kappa shape index (κ2) is 4.97. The first kappa shape index (κ1) is 11.6. The van der Waals surface area contributed by atoms with Crippen LogP contribution in [0.4, 0.5) is 5.00 Å². The van der Waals surface area contributed by atoms with Crippen molar-refractivity contribution in [2.45, 2.75) is 6.92 Å². The van der Waals surface area contributed by atoms with E-state index in [0.717, 1.165) is 5.56 Å². The molecular formula is C12H12N2O2S. The lowest BCUT2D eigenvalue weighted by molar-refractivity contribution is 0.0528. The Balaban J connectivity index is 2.47. The third-order valence-electron chi connectivity index (χ3n) is 2.27. The van der Waals surface area contributed by atoms with E-state index in [9.17, 15) is 4.79 Å². The highest BCUT2D eigenvalue weighted by Gasteiger charge is 2.18. The van der Waals surface area contributed by atoms with E-state index in [-0.39, 0.29) is 5.97 Å². The van der Waals surface area contributed by atoms with Gasteiger partial charge in [-0.25, -0.2) is 4.79 Å². The molecule has 0 aliphatic carbocycles. The second-order valence-electron chi connectivity index (χ2n) is 3.35. The molecule has 0 atom stereocenters. The number of nitrogen functional groups attached to an aromatic ring is 1. The Bertz CT molecular complexity index is 523. The highest BCUT2D eigenvalue weighted by molar-refractivity contribution is 7.15. The smallest absolute Gasteiger partial charge is 0.339 e. The normalized spacial score (nSPS) is 10.2. The van der Waals surface area contributed by atoms with Gasteiger partial charge in [-0.15, -0.1) is 11.3 Å². The summed E-state index contributed by atoms with van der Waals surface area (Å²) >= 11 is 1.33. The lowest BCUT2D eigenvalue weighted by atomic mass is 10.1. The minimum Gasteiger partial charge on any atom is -0.462 e. The zero-order valence-electron chi connectivity index (χ0n) is 9.34. The molecule has 88 valence electrons. The van der Waals surface area contributed by atoms with E-state index in [0.29, 0.717) is 22.7 Å². The van der Waals surface area contributed by atoms with Gasteiger partial charge in [-0.1, -0.05) is 6.07 Å². The Hall–Kier alpha value is -1.88. The first-order valence-electron chi connectivity index (χ1n) is 5.18. The number of carbonyl (C=O) groups excluding carboxylic acids is 1. The van der Waals surface area contributed by atoms with Crippen molar-refractivity contribution in [2.75, 3.05) is 12.3 Å². The molecule has 0 saturated carbocycles. The third-order valence-corrected chi connectivity index (χ3v) is 3.08. The summed E-state index contributed by atoms with van der Waals surface area (Å²) in [6.45, 7) is 2.12. The van der Waals surface area contributed by atoms with Gasteiger partial charge < -0.3 is 10.5 Å². The van der Waals surface area contributed by atoms with Crippen LogP contribution in [0.2, 0.25) is 0 Å². The van der Waals surface area contributed by atoms with Gasteiger partial charge in [-0.2, -0.15) is 0 Å². The number of thiophene rings is 1. The first-order valence-corrected chi connectivity index (χ1v) is 6.06. The molecule has 2 aromatic rings. The molecule has 17 heavy (non-hydrogen) atoms. The van der Waals surface area contributed by atoms with Crippen LogP contribution in [0.1, 0.15) is 17.3 Å². The number of ether oxygens (including phenoxy) is 1. The number of hydrogen-bond acceptors (Lipinski definition) is 5. The Kier molecular flexibility index (Phi) is 3.39. The largest absolute Gasteiger partial charge is 0.462 e. The SMILES string of the molecule is CCOC(=O)c1csc(N)c1-c1cccnc1. The molecule has 0 aliphatic heterocycles. The van der Waals surface area contributed by atoms with Crippen LogP contribution in [0.3, 0.4) is 0 Å². The summed E-state index contributed by atoms with van der Waals surface area (Å²) in [5.74, 6) is -0.348. The number of rotatable bonds is 3. The molecule has 0 saturated heterocycles. The van der Waals surface area contributed by atoms with Crippen molar-refractivity contribution in [3.63, 3.8) is 0 Å². The van der Waals surface area contributed by atoms with E-state index in [2.05, 4.69) is 4.98 Å². The number of anilines is 1. The molecule has 0 radical (unpaired) electrons. The fourth-order valence-corrected chi connectivity index (χ4v) is 2.34. The molecule has 4 nitrogen and oxygen atoms in total. The van der Waals surface area contributed by atoms with Crippen molar-refractivity contribution in [1.29, 1.82) is 0 Å². The van der Waals surface area contributed by atoms with Gasteiger partial charge in [0.15, 0.2) is 0 Å². The average Bonchev–Trinajstić information content (AvgIpc) is 2.73. The Morgan fingerprint density at radius 2 is 2.41 bits per heavy atom. The van der Waals surface area contributed by atoms with Gasteiger partial charge in [0, 0.05) is 28.9 Å². The summed E-state index contributed by atoms with van der Waals surface area (Å²) in [7, 11) is 0. The molecule has 0 bridgehead atoms. The van der Waals surface area contributed by atoms with Crippen LogP contribution in [0.25, 0.3) is 11.1 Å². The minimum absolute atomic E-state index is 0.348. The number of hydrogen-bond donors (Lipinski definition) is 1. The molecule has 2 aromatic heterocycles. The highest BCUT2D eigenvalue weighted by Crippen LogP contribution is 2.35. The van der Waals surface area contributed by atoms with Gasteiger partial charge >= 0.3 is 5.97 Å². The number of esters is 1. The Morgan fingerprint density at radius 1 is 1.59 bits per heavy atom. The van der Waals surface area contributed by atoms with Gasteiger partial charge in [0.25, 0.3) is 0 Å². The maximum absolute atomic E-state index is 11.8. The second-order valence-corrected chi connectivity index (χ2v) is 4.26. The minimum atomic E-state index is -0.348. The first-order chi connectivity index (χ1) is 8.24. The third kappa shape index (κ3) is 2.29. The highest BCUT2D eigenvalue weighted by atomic mass is 32.1. The quantitative estimate of drug-likeness (QED) is 0.848. The summed E-state index contributed by atoms with van der Waals surface area (Å²) in [6, 6.07) is 3.68. The van der Waals surface area contributed by atoms with Crippen molar-refractivity contribution in [2.24, 2.45) is 0 Å². The molecule has 2 rings (SSSR count). The summed E-state index contributed by atoms with van der Waals surface area (Å²) in [5, 5.41) is 2.32. The number of nitrogens with two attached hydrogens (primary N) is 1. The van der Waals surface area contributed by atoms with Crippen molar-refractivity contribution in [3.05, 3.63) is 35.5 Å². The summed E-state index contributed by atoms with van der Waals surface area (Å²) in [5.41, 5.74) is 7.93. The fraction of sp³-hybridized carbons (Fsp3) is 0.167. The molecule has 0 unspecified atom stereocenters. The summed E-state index contributed by atoms with van der Waals surface area (Å²) in [4.78, 5) is 15.8. The van der Waals surface area contributed by atoms with E-state index in [1.807, 2.05) is 6.07 Å². The van der Waals surface area contributed by atoms with E-state index < -0.39 is 0 Å². The maximum Gasteiger partial charge on any atom is 0.339 e. The molecule has 0 spiro atoms. The van der Waals surface area contributed by atoms with Crippen molar-refractivity contribution in [3.8, 4) is 11.1 Å². The fourth-order valence-electron chi connectivity index (χ4n) is 1.54. The number of nitrogens with zero attached hydrogens (tertiary/aromatic N) is 1. The van der Waals surface area contributed by atoms with E-state index in [4.69, 9.17) is 10.5 Å². The average molecular weight is 248 g/mol. The Labute approximate surface area is 103 Å². The number of pyridine rings is 1. The van der Waals surface area contributed by atoms with Crippen molar-refractivity contribution in [1.82, 2.24) is 4.98 Å². The lowest BCUT2D eigenvalue weighted by Crippen LogP contribution is -2.05. The predicted molar refractivity (Wildman–Crippen MR) is 67.9 cm³/mol. The van der Waals surface area contributed by atoms with Crippen LogP contribution in [-0.4, -0.2) is 17.6 Å². The molecule has 5 heteroatoms. The van der Waals surface area contributed by atoms with Crippen LogP contribution >= 0.6 is 11.3 Å². The topological polar surface area (TPSA) is 65.2 Å². The van der Waals surface area contributed by atoms with Crippen LogP contribution in [0, 0.1) is 0 Å². The standard InChI is InChI=1S/C12H12N2O2S/c1-2-16-12(15)9-7-17-11(13)10(9)8-4-3-5-14-6-8/h3-7H,2,13H2,1H3. The molecule has 2 heterocycles. The summed E-state index contributed by atoms with van der Waals surface area (Å²) < 4.78 is 5.00. The monoisotopic (exact) mass is 248 g/mol. The van der Waals surface area contributed by atoms with E-state index in [1.54, 1.807) is 30.8 Å². The number of aromatic nitrogens is 1. The van der Waals surface area contributed by atoms with Crippen LogP contribution in [-0.2, 0) is 4.74 Å². The Morgan fingerprint density at radius 3 is 3.06 bits per heavy atom. The molecule has 0 fully saturated rings. The van der Waals surface area contributed by atoms with Gasteiger partial charge in [0.2, 0.25) is 0 Å². The van der Waals surface area contributed by atoms with E-state index >= 15 is 0 Å². The molecule has 0 aliphatic rings. The molecule has 0 amide bonds. The van der Waals surface area contributed by atoms with Crippen LogP contribution < -0.4 is 5.73 Å². The van der Waals surface area contributed by atoms with Gasteiger partial charge in [0.05, 0.1) is 17.2 Å². The van der Waals surface area contributed by atoms with Crippen molar-refractivity contribution < 1.29 is 9.53 Å². The maximum atomic E-state index is 11.8.